The quantitative estimate of drug-likeness (QED) is 0.486. The molecule has 10 heavy (non-hydrogen) atoms. The summed E-state index contributed by atoms with van der Waals surface area (Å²) >= 11 is 0. The molecule has 0 nitrogen and oxygen atoms in total. The Labute approximate surface area is 64.3 Å². The van der Waals surface area contributed by atoms with E-state index in [0.29, 0.717) is 5.41 Å². The normalized spacial score (nSPS) is 17.4. The fraction of sp³-hybridized carbons (Fsp3) is 0.800. The molecule has 0 radical (unpaired) electrons. The summed E-state index contributed by atoms with van der Waals surface area (Å²) in [5, 5.41) is 0. The summed E-state index contributed by atoms with van der Waals surface area (Å²) in [5.41, 5.74) is 3.85. The van der Waals surface area contributed by atoms with Crippen LogP contribution in [0.3, 0.4) is 0 Å². The van der Waals surface area contributed by atoms with E-state index in [4.69, 9.17) is 0 Å². The van der Waals surface area contributed by atoms with E-state index >= 15 is 0 Å². The summed E-state index contributed by atoms with van der Waals surface area (Å²) in [6.45, 7) is 9.20. The Bertz CT molecular complexity index is 149. The molecule has 0 saturated heterocycles. The molecule has 58 valence electrons. The van der Waals surface area contributed by atoms with Gasteiger partial charge in [0.1, 0.15) is 0 Å². The number of hydrogen-bond donors (Lipinski definition) is 0. The third kappa shape index (κ3) is 2.55. The molecule has 0 aromatic rings. The van der Waals surface area contributed by atoms with Gasteiger partial charge in [-0.3, -0.25) is 0 Å². The topological polar surface area (TPSA) is 0 Å². The molecule has 1 fully saturated rings. The number of hydrogen-bond acceptors (Lipinski definition) is 0. The Morgan fingerprint density at radius 2 is 1.80 bits per heavy atom. The number of rotatable bonds is 1. The van der Waals surface area contributed by atoms with Crippen molar-refractivity contribution >= 4 is 0 Å². The van der Waals surface area contributed by atoms with Crippen LogP contribution >= 0.6 is 0 Å². The van der Waals surface area contributed by atoms with Crippen LogP contribution in [-0.4, -0.2) is 0 Å². The molecule has 0 amide bonds. The first-order valence-electron chi connectivity index (χ1n) is 4.16. The Morgan fingerprint density at radius 1 is 1.30 bits per heavy atom. The van der Waals surface area contributed by atoms with Gasteiger partial charge in [0.25, 0.3) is 0 Å². The van der Waals surface area contributed by atoms with Crippen LogP contribution in [0.25, 0.3) is 0 Å². The monoisotopic (exact) mass is 138 g/mol. The van der Waals surface area contributed by atoms with E-state index < -0.39 is 0 Å². The summed E-state index contributed by atoms with van der Waals surface area (Å²) in [7, 11) is 0. The minimum Gasteiger partial charge on any atom is -0.0736 e. The zero-order chi connectivity index (χ0) is 7.78. The summed E-state index contributed by atoms with van der Waals surface area (Å²) < 4.78 is 0. The molecule has 0 atom stereocenters. The Balaban J connectivity index is 2.46. The van der Waals surface area contributed by atoms with Crippen molar-refractivity contribution < 1.29 is 0 Å². The maximum absolute atomic E-state index is 2.31. The second-order valence-corrected chi connectivity index (χ2v) is 4.62. The largest absolute Gasteiger partial charge is 0.0736 e. The molecule has 0 aliphatic heterocycles. The lowest BCUT2D eigenvalue weighted by Gasteiger charge is -2.18. The Kier molecular flexibility index (Phi) is 1.89. The molecule has 1 aliphatic rings. The molecule has 0 unspecified atom stereocenters. The van der Waals surface area contributed by atoms with E-state index in [1.165, 1.54) is 19.3 Å². The lowest BCUT2D eigenvalue weighted by Crippen LogP contribution is -2.04. The zero-order valence-corrected chi connectivity index (χ0v) is 7.62. The highest BCUT2D eigenvalue weighted by Gasteiger charge is 2.18. The van der Waals surface area contributed by atoms with Crippen molar-refractivity contribution in [1.82, 2.24) is 0 Å². The Morgan fingerprint density at radius 3 is 2.10 bits per heavy atom. The molecule has 1 saturated carbocycles. The van der Waals surface area contributed by atoms with Gasteiger partial charge in [-0.15, -0.1) is 0 Å². The van der Waals surface area contributed by atoms with E-state index in [1.807, 2.05) is 0 Å². The van der Waals surface area contributed by atoms with Crippen molar-refractivity contribution in [3.8, 4) is 0 Å². The standard InChI is InChI=1S/C10H18/c1-8(9-5-6-9)7-10(2,3)4/h5-7H2,1-4H3. The number of allylic oxidation sites excluding steroid dienone is 2. The molecule has 1 aliphatic carbocycles. The van der Waals surface area contributed by atoms with Gasteiger partial charge in [-0.1, -0.05) is 31.9 Å². The molecule has 0 heteroatoms. The fourth-order valence-electron chi connectivity index (χ4n) is 1.41. The van der Waals surface area contributed by atoms with Crippen LogP contribution in [0.1, 0.15) is 47.0 Å². The zero-order valence-electron chi connectivity index (χ0n) is 7.62. The van der Waals surface area contributed by atoms with Crippen molar-refractivity contribution in [3.05, 3.63) is 11.1 Å². The maximum Gasteiger partial charge on any atom is -0.0271 e. The van der Waals surface area contributed by atoms with Crippen LogP contribution in [0, 0.1) is 5.41 Å². The lowest BCUT2D eigenvalue weighted by atomic mass is 9.88. The van der Waals surface area contributed by atoms with Crippen molar-refractivity contribution in [2.45, 2.75) is 47.0 Å². The van der Waals surface area contributed by atoms with E-state index in [9.17, 15) is 0 Å². The van der Waals surface area contributed by atoms with Gasteiger partial charge in [-0.05, 0) is 31.6 Å². The van der Waals surface area contributed by atoms with E-state index in [2.05, 4.69) is 27.7 Å². The molecule has 0 bridgehead atoms. The average molecular weight is 138 g/mol. The second-order valence-electron chi connectivity index (χ2n) is 4.62. The molecule has 0 heterocycles. The predicted octanol–water partition coefficient (Wildman–Crippen LogP) is 3.53. The molecule has 0 aromatic heterocycles. The first kappa shape index (κ1) is 7.84. The van der Waals surface area contributed by atoms with Gasteiger partial charge in [-0.25, -0.2) is 0 Å². The van der Waals surface area contributed by atoms with E-state index in [0.717, 1.165) is 0 Å². The molecule has 1 rings (SSSR count). The molecule has 0 N–H and O–H groups in total. The minimum absolute atomic E-state index is 0.486. The van der Waals surface area contributed by atoms with Crippen LogP contribution in [0.15, 0.2) is 11.1 Å². The van der Waals surface area contributed by atoms with Crippen molar-refractivity contribution in [3.63, 3.8) is 0 Å². The van der Waals surface area contributed by atoms with Crippen molar-refractivity contribution in [1.29, 1.82) is 0 Å². The van der Waals surface area contributed by atoms with E-state index in [1.54, 1.807) is 11.1 Å². The van der Waals surface area contributed by atoms with Crippen LogP contribution in [0.5, 0.6) is 0 Å². The third-order valence-electron chi connectivity index (χ3n) is 1.90. The van der Waals surface area contributed by atoms with Crippen LogP contribution < -0.4 is 0 Å². The SMILES string of the molecule is CC(CC(C)(C)C)=C1CC1. The smallest absolute Gasteiger partial charge is 0.0271 e. The van der Waals surface area contributed by atoms with Crippen LogP contribution in [0.4, 0.5) is 0 Å². The molecular weight excluding hydrogens is 120 g/mol. The first-order chi connectivity index (χ1) is 4.49. The first-order valence-corrected chi connectivity index (χ1v) is 4.16. The highest BCUT2D eigenvalue weighted by Crippen LogP contribution is 2.36. The predicted molar refractivity (Wildman–Crippen MR) is 46.0 cm³/mol. The minimum atomic E-state index is 0.486. The van der Waals surface area contributed by atoms with Gasteiger partial charge >= 0.3 is 0 Å². The highest BCUT2D eigenvalue weighted by atomic mass is 14.2. The van der Waals surface area contributed by atoms with Crippen LogP contribution in [-0.2, 0) is 0 Å². The molecular formula is C10H18. The summed E-state index contributed by atoms with van der Waals surface area (Å²) in [4.78, 5) is 0. The van der Waals surface area contributed by atoms with Gasteiger partial charge < -0.3 is 0 Å². The van der Waals surface area contributed by atoms with Crippen molar-refractivity contribution in [2.24, 2.45) is 5.41 Å². The highest BCUT2D eigenvalue weighted by molar-refractivity contribution is 5.24. The summed E-state index contributed by atoms with van der Waals surface area (Å²) in [6, 6.07) is 0. The second kappa shape index (κ2) is 2.41. The molecule has 0 aromatic carbocycles. The molecule has 0 spiro atoms. The summed E-state index contributed by atoms with van der Waals surface area (Å²) in [6.07, 6.45) is 4.03. The van der Waals surface area contributed by atoms with E-state index in [-0.39, 0.29) is 0 Å². The lowest BCUT2D eigenvalue weighted by molar-refractivity contribution is 0.409. The Hall–Kier alpha value is -0.260. The maximum atomic E-state index is 2.31. The van der Waals surface area contributed by atoms with Gasteiger partial charge in [-0.2, -0.15) is 0 Å². The van der Waals surface area contributed by atoms with Gasteiger partial charge in [0.2, 0.25) is 0 Å². The fourth-order valence-corrected chi connectivity index (χ4v) is 1.41. The average Bonchev–Trinajstić information content (AvgIpc) is 2.35. The summed E-state index contributed by atoms with van der Waals surface area (Å²) in [5.74, 6) is 0. The van der Waals surface area contributed by atoms with Gasteiger partial charge in [0.15, 0.2) is 0 Å². The van der Waals surface area contributed by atoms with Gasteiger partial charge in [0.05, 0.1) is 0 Å². The van der Waals surface area contributed by atoms with Crippen molar-refractivity contribution in [2.75, 3.05) is 0 Å². The van der Waals surface area contributed by atoms with Gasteiger partial charge in [0, 0.05) is 0 Å². The third-order valence-corrected chi connectivity index (χ3v) is 1.90. The van der Waals surface area contributed by atoms with Crippen LogP contribution in [0.2, 0.25) is 0 Å².